The molecule has 0 spiro atoms. The standard InChI is InChI=1S/C16H21N3/c1-3-15-11-16(19-12-18-15)17-10-9-13(2)14-7-5-4-6-8-14/h4-8,11-13H,3,9-10H2,1-2H3,(H,17,18,19). The topological polar surface area (TPSA) is 37.8 Å². The quantitative estimate of drug-likeness (QED) is 0.856. The van der Waals surface area contributed by atoms with E-state index in [0.29, 0.717) is 5.92 Å². The number of nitrogens with one attached hydrogen (secondary N) is 1. The summed E-state index contributed by atoms with van der Waals surface area (Å²) in [5.74, 6) is 1.48. The van der Waals surface area contributed by atoms with Crippen molar-refractivity contribution in [3.63, 3.8) is 0 Å². The summed E-state index contributed by atoms with van der Waals surface area (Å²) < 4.78 is 0. The van der Waals surface area contributed by atoms with Crippen LogP contribution in [0.15, 0.2) is 42.7 Å². The Balaban J connectivity index is 1.83. The zero-order valence-corrected chi connectivity index (χ0v) is 11.6. The van der Waals surface area contributed by atoms with E-state index in [9.17, 15) is 0 Å². The molecule has 1 atom stereocenters. The average molecular weight is 255 g/mol. The molecule has 1 unspecified atom stereocenters. The van der Waals surface area contributed by atoms with E-state index in [1.165, 1.54) is 5.56 Å². The molecule has 1 aromatic carbocycles. The molecule has 0 saturated carbocycles. The van der Waals surface area contributed by atoms with Gasteiger partial charge in [0.2, 0.25) is 0 Å². The summed E-state index contributed by atoms with van der Waals surface area (Å²) in [5.41, 5.74) is 2.47. The molecule has 0 saturated heterocycles. The Morgan fingerprint density at radius 3 is 2.68 bits per heavy atom. The molecule has 0 amide bonds. The van der Waals surface area contributed by atoms with Crippen molar-refractivity contribution in [1.82, 2.24) is 9.97 Å². The molecule has 2 rings (SSSR count). The van der Waals surface area contributed by atoms with E-state index in [1.54, 1.807) is 6.33 Å². The molecule has 1 N–H and O–H groups in total. The zero-order chi connectivity index (χ0) is 13.5. The van der Waals surface area contributed by atoms with Gasteiger partial charge < -0.3 is 5.32 Å². The lowest BCUT2D eigenvalue weighted by molar-refractivity contribution is 0.704. The van der Waals surface area contributed by atoms with Gasteiger partial charge in [-0.3, -0.25) is 0 Å². The van der Waals surface area contributed by atoms with E-state index in [0.717, 1.165) is 30.9 Å². The molecule has 0 radical (unpaired) electrons. The first-order valence-corrected chi connectivity index (χ1v) is 6.89. The Labute approximate surface area is 115 Å². The maximum Gasteiger partial charge on any atom is 0.129 e. The fraction of sp³-hybridized carbons (Fsp3) is 0.375. The molecule has 100 valence electrons. The van der Waals surface area contributed by atoms with Crippen LogP contribution in [0.1, 0.15) is 37.4 Å². The second-order valence-electron chi connectivity index (χ2n) is 4.78. The first kappa shape index (κ1) is 13.5. The van der Waals surface area contributed by atoms with Gasteiger partial charge in [0.05, 0.1) is 0 Å². The SMILES string of the molecule is CCc1cc(NCCC(C)c2ccccc2)ncn1. The maximum absolute atomic E-state index is 4.23. The van der Waals surface area contributed by atoms with Crippen LogP contribution >= 0.6 is 0 Å². The summed E-state index contributed by atoms with van der Waals surface area (Å²) >= 11 is 0. The van der Waals surface area contributed by atoms with E-state index in [4.69, 9.17) is 0 Å². The molecule has 0 fully saturated rings. The molecule has 1 heterocycles. The van der Waals surface area contributed by atoms with Gasteiger partial charge in [0.15, 0.2) is 0 Å². The highest BCUT2D eigenvalue weighted by Gasteiger charge is 2.04. The Hall–Kier alpha value is -1.90. The third-order valence-corrected chi connectivity index (χ3v) is 3.34. The molecule has 1 aromatic heterocycles. The van der Waals surface area contributed by atoms with E-state index < -0.39 is 0 Å². The Bertz CT molecular complexity index is 496. The fourth-order valence-electron chi connectivity index (χ4n) is 2.05. The maximum atomic E-state index is 4.23. The second-order valence-corrected chi connectivity index (χ2v) is 4.78. The zero-order valence-electron chi connectivity index (χ0n) is 11.6. The summed E-state index contributed by atoms with van der Waals surface area (Å²) in [4.78, 5) is 8.43. The molecule has 3 heteroatoms. The van der Waals surface area contributed by atoms with Crippen molar-refractivity contribution in [3.05, 3.63) is 54.0 Å². The monoisotopic (exact) mass is 255 g/mol. The van der Waals surface area contributed by atoms with Crippen LogP contribution in [0.2, 0.25) is 0 Å². The Morgan fingerprint density at radius 1 is 1.16 bits per heavy atom. The largest absolute Gasteiger partial charge is 0.370 e. The highest BCUT2D eigenvalue weighted by atomic mass is 15.0. The summed E-state index contributed by atoms with van der Waals surface area (Å²) in [6, 6.07) is 12.6. The van der Waals surface area contributed by atoms with E-state index in [-0.39, 0.29) is 0 Å². The fourth-order valence-corrected chi connectivity index (χ4v) is 2.05. The van der Waals surface area contributed by atoms with Gasteiger partial charge in [0, 0.05) is 18.3 Å². The van der Waals surface area contributed by atoms with Crippen molar-refractivity contribution >= 4 is 5.82 Å². The van der Waals surface area contributed by atoms with Gasteiger partial charge in [0.25, 0.3) is 0 Å². The highest BCUT2D eigenvalue weighted by molar-refractivity contribution is 5.34. The lowest BCUT2D eigenvalue weighted by Gasteiger charge is -2.12. The number of rotatable bonds is 6. The molecule has 3 nitrogen and oxygen atoms in total. The van der Waals surface area contributed by atoms with Crippen LogP contribution in [-0.4, -0.2) is 16.5 Å². The van der Waals surface area contributed by atoms with Gasteiger partial charge in [-0.1, -0.05) is 44.2 Å². The predicted molar refractivity (Wildman–Crippen MR) is 79.4 cm³/mol. The molecule has 19 heavy (non-hydrogen) atoms. The normalized spacial score (nSPS) is 12.1. The molecular formula is C16H21N3. The van der Waals surface area contributed by atoms with Crippen LogP contribution in [-0.2, 0) is 6.42 Å². The molecule has 0 bridgehead atoms. The van der Waals surface area contributed by atoms with Crippen molar-refractivity contribution in [1.29, 1.82) is 0 Å². The Kier molecular flexibility index (Phi) is 4.90. The first-order chi connectivity index (χ1) is 9.29. The number of anilines is 1. The van der Waals surface area contributed by atoms with Crippen molar-refractivity contribution in [2.75, 3.05) is 11.9 Å². The van der Waals surface area contributed by atoms with Crippen molar-refractivity contribution in [2.24, 2.45) is 0 Å². The van der Waals surface area contributed by atoms with Crippen LogP contribution in [0.3, 0.4) is 0 Å². The van der Waals surface area contributed by atoms with Crippen LogP contribution in [0.25, 0.3) is 0 Å². The summed E-state index contributed by atoms with van der Waals surface area (Å²) in [6.07, 6.45) is 3.66. The molecule has 0 aliphatic rings. The first-order valence-electron chi connectivity index (χ1n) is 6.89. The molecule has 0 aliphatic carbocycles. The van der Waals surface area contributed by atoms with E-state index in [2.05, 4.69) is 59.5 Å². The van der Waals surface area contributed by atoms with Gasteiger partial charge >= 0.3 is 0 Å². The predicted octanol–water partition coefficient (Wildman–Crippen LogP) is 3.64. The van der Waals surface area contributed by atoms with Crippen molar-refractivity contribution in [2.45, 2.75) is 32.6 Å². The van der Waals surface area contributed by atoms with Crippen molar-refractivity contribution in [3.8, 4) is 0 Å². The van der Waals surface area contributed by atoms with Crippen LogP contribution < -0.4 is 5.32 Å². The van der Waals surface area contributed by atoms with Crippen LogP contribution in [0.4, 0.5) is 5.82 Å². The van der Waals surface area contributed by atoms with E-state index in [1.807, 2.05) is 6.07 Å². The summed E-state index contributed by atoms with van der Waals surface area (Å²) in [6.45, 7) is 5.29. The Morgan fingerprint density at radius 2 is 1.95 bits per heavy atom. The van der Waals surface area contributed by atoms with Gasteiger partial charge in [-0.2, -0.15) is 0 Å². The minimum Gasteiger partial charge on any atom is -0.370 e. The highest BCUT2D eigenvalue weighted by Crippen LogP contribution is 2.18. The number of hydrogen-bond acceptors (Lipinski definition) is 3. The minimum atomic E-state index is 0.557. The molecule has 0 aliphatic heterocycles. The third kappa shape index (κ3) is 4.05. The van der Waals surface area contributed by atoms with Crippen molar-refractivity contribution < 1.29 is 0 Å². The number of aryl methyl sites for hydroxylation is 1. The van der Waals surface area contributed by atoms with Crippen LogP contribution in [0.5, 0.6) is 0 Å². The van der Waals surface area contributed by atoms with Gasteiger partial charge in [-0.05, 0) is 24.3 Å². The second kappa shape index (κ2) is 6.88. The lowest BCUT2D eigenvalue weighted by atomic mass is 9.98. The number of nitrogens with zero attached hydrogens (tertiary/aromatic N) is 2. The van der Waals surface area contributed by atoms with E-state index >= 15 is 0 Å². The molecule has 2 aromatic rings. The summed E-state index contributed by atoms with van der Waals surface area (Å²) in [7, 11) is 0. The average Bonchev–Trinajstić information content (AvgIpc) is 2.48. The number of hydrogen-bond donors (Lipinski definition) is 1. The van der Waals surface area contributed by atoms with Gasteiger partial charge in [-0.25, -0.2) is 9.97 Å². The number of aromatic nitrogens is 2. The van der Waals surface area contributed by atoms with Gasteiger partial charge in [-0.15, -0.1) is 0 Å². The lowest BCUT2D eigenvalue weighted by Crippen LogP contribution is -2.07. The smallest absolute Gasteiger partial charge is 0.129 e. The van der Waals surface area contributed by atoms with Gasteiger partial charge in [0.1, 0.15) is 12.1 Å². The van der Waals surface area contributed by atoms with Crippen LogP contribution in [0, 0.1) is 0 Å². The summed E-state index contributed by atoms with van der Waals surface area (Å²) in [5, 5.41) is 3.37. The minimum absolute atomic E-state index is 0.557. The number of benzene rings is 1. The molecular weight excluding hydrogens is 234 g/mol. The third-order valence-electron chi connectivity index (χ3n) is 3.34.